The van der Waals surface area contributed by atoms with Gasteiger partial charge in [-0.05, 0) is 13.3 Å². The van der Waals surface area contributed by atoms with Crippen LogP contribution in [0.25, 0.3) is 0 Å². The first-order valence-corrected chi connectivity index (χ1v) is 4.14. The average Bonchev–Trinajstić information content (AvgIpc) is 2.04. The van der Waals surface area contributed by atoms with Crippen molar-refractivity contribution < 1.29 is 9.47 Å². The molecule has 0 radical (unpaired) electrons. The van der Waals surface area contributed by atoms with Gasteiger partial charge in [-0.15, -0.1) is 0 Å². The highest BCUT2D eigenvalue weighted by molar-refractivity contribution is 5.77. The lowest BCUT2D eigenvalue weighted by molar-refractivity contribution is -0.0406. The summed E-state index contributed by atoms with van der Waals surface area (Å²) in [5.74, 6) is 0.615. The van der Waals surface area contributed by atoms with Gasteiger partial charge in [-0.2, -0.15) is 0 Å². The zero-order valence-corrected chi connectivity index (χ0v) is 7.62. The Morgan fingerprint density at radius 2 is 2.42 bits per heavy atom. The summed E-state index contributed by atoms with van der Waals surface area (Å²) in [6, 6.07) is 0.175. The molecule has 1 heterocycles. The van der Waals surface area contributed by atoms with E-state index in [0.29, 0.717) is 12.4 Å². The summed E-state index contributed by atoms with van der Waals surface area (Å²) in [4.78, 5) is 4.28. The summed E-state index contributed by atoms with van der Waals surface area (Å²) in [5, 5.41) is 0. The second kappa shape index (κ2) is 4.42. The maximum Gasteiger partial charge on any atom is 0.103 e. The zero-order valence-electron chi connectivity index (χ0n) is 7.62. The first-order valence-electron chi connectivity index (χ1n) is 4.14. The molecule has 2 N–H and O–H groups in total. The smallest absolute Gasteiger partial charge is 0.103 e. The van der Waals surface area contributed by atoms with Gasteiger partial charge in [0.1, 0.15) is 6.10 Å². The van der Waals surface area contributed by atoms with Gasteiger partial charge in [-0.25, -0.2) is 0 Å². The predicted octanol–water partition coefficient (Wildman–Crippen LogP) is 0.167. The summed E-state index contributed by atoms with van der Waals surface area (Å²) in [5.41, 5.74) is 5.49. The van der Waals surface area contributed by atoms with Crippen molar-refractivity contribution in [1.29, 1.82) is 0 Å². The monoisotopic (exact) mass is 172 g/mol. The Kier molecular flexibility index (Phi) is 3.49. The Hall–Kier alpha value is -0.610. The highest BCUT2D eigenvalue weighted by Gasteiger charge is 2.24. The molecular weight excluding hydrogens is 156 g/mol. The van der Waals surface area contributed by atoms with Crippen LogP contribution in [0.2, 0.25) is 0 Å². The Bertz CT molecular complexity index is 166. The molecule has 0 aromatic rings. The molecule has 1 aliphatic rings. The molecule has 0 saturated carbocycles. The van der Waals surface area contributed by atoms with Crippen LogP contribution in [0.15, 0.2) is 4.99 Å². The van der Waals surface area contributed by atoms with E-state index in [4.69, 9.17) is 15.2 Å². The van der Waals surface area contributed by atoms with Gasteiger partial charge in [-0.1, -0.05) is 0 Å². The van der Waals surface area contributed by atoms with Crippen molar-refractivity contribution in [3.8, 4) is 0 Å². The molecule has 0 aliphatic carbocycles. The molecule has 70 valence electrons. The third-order valence-electron chi connectivity index (χ3n) is 1.94. The molecule has 1 aliphatic heterocycles. The second-order valence-electron chi connectivity index (χ2n) is 2.98. The lowest BCUT2D eigenvalue weighted by Gasteiger charge is -2.27. The summed E-state index contributed by atoms with van der Waals surface area (Å²) >= 11 is 0. The third-order valence-corrected chi connectivity index (χ3v) is 1.94. The molecule has 2 unspecified atom stereocenters. The number of amidine groups is 1. The minimum Gasteiger partial charge on any atom is -0.388 e. The molecule has 0 aromatic heterocycles. The molecule has 2 atom stereocenters. The van der Waals surface area contributed by atoms with Gasteiger partial charge < -0.3 is 15.2 Å². The van der Waals surface area contributed by atoms with Crippen LogP contribution in [0.3, 0.4) is 0 Å². The molecule has 4 nitrogen and oxygen atoms in total. The number of hydrogen-bond donors (Lipinski definition) is 1. The lowest BCUT2D eigenvalue weighted by atomic mass is 10.1. The minimum absolute atomic E-state index is 0.0669. The van der Waals surface area contributed by atoms with E-state index >= 15 is 0 Å². The second-order valence-corrected chi connectivity index (χ2v) is 2.98. The normalized spacial score (nSPS) is 32.0. The van der Waals surface area contributed by atoms with E-state index in [2.05, 4.69) is 4.99 Å². The largest absolute Gasteiger partial charge is 0.388 e. The molecule has 0 amide bonds. The maximum absolute atomic E-state index is 5.49. The number of nitrogens with zero attached hydrogens (tertiary/aromatic N) is 1. The van der Waals surface area contributed by atoms with Crippen LogP contribution in [0.5, 0.6) is 0 Å². The number of ether oxygens (including phenoxy) is 2. The predicted molar refractivity (Wildman–Crippen MR) is 47.3 cm³/mol. The Morgan fingerprint density at radius 3 is 3.00 bits per heavy atom. The Labute approximate surface area is 72.8 Å². The Balaban J connectivity index is 2.53. The number of methoxy groups -OCH3 is 1. The van der Waals surface area contributed by atoms with Crippen molar-refractivity contribution in [3.05, 3.63) is 0 Å². The van der Waals surface area contributed by atoms with E-state index in [1.54, 1.807) is 14.0 Å². The van der Waals surface area contributed by atoms with Gasteiger partial charge in [0.2, 0.25) is 0 Å². The van der Waals surface area contributed by atoms with Gasteiger partial charge in [0.15, 0.2) is 0 Å². The Morgan fingerprint density at radius 1 is 1.67 bits per heavy atom. The van der Waals surface area contributed by atoms with E-state index in [0.717, 1.165) is 13.0 Å². The van der Waals surface area contributed by atoms with Crippen LogP contribution < -0.4 is 5.73 Å². The number of rotatable bonds is 2. The van der Waals surface area contributed by atoms with E-state index in [1.807, 2.05) is 0 Å². The fourth-order valence-electron chi connectivity index (χ4n) is 1.33. The summed E-state index contributed by atoms with van der Waals surface area (Å²) in [6.07, 6.45) is 0.963. The SMILES string of the molecule is COC1COCCC1N=C(C)N. The third kappa shape index (κ3) is 2.46. The van der Waals surface area contributed by atoms with Gasteiger partial charge >= 0.3 is 0 Å². The zero-order chi connectivity index (χ0) is 8.97. The lowest BCUT2D eigenvalue weighted by Crippen LogP contribution is -2.38. The maximum atomic E-state index is 5.49. The van der Waals surface area contributed by atoms with Crippen molar-refractivity contribution >= 4 is 5.84 Å². The van der Waals surface area contributed by atoms with Crippen LogP contribution in [0, 0.1) is 0 Å². The van der Waals surface area contributed by atoms with Crippen molar-refractivity contribution in [3.63, 3.8) is 0 Å². The topological polar surface area (TPSA) is 56.8 Å². The van der Waals surface area contributed by atoms with Gasteiger partial charge in [0, 0.05) is 13.7 Å². The summed E-state index contributed by atoms with van der Waals surface area (Å²) < 4.78 is 10.5. The standard InChI is InChI=1S/C8H16N2O2/c1-6(9)10-7-3-4-12-5-8(7)11-2/h7-8H,3-5H2,1-2H3,(H2,9,10). The highest BCUT2D eigenvalue weighted by atomic mass is 16.5. The van der Waals surface area contributed by atoms with Gasteiger partial charge in [0.05, 0.1) is 18.5 Å². The van der Waals surface area contributed by atoms with Crippen LogP contribution in [-0.2, 0) is 9.47 Å². The van der Waals surface area contributed by atoms with Gasteiger partial charge in [-0.3, -0.25) is 4.99 Å². The first kappa shape index (κ1) is 9.48. The fourth-order valence-corrected chi connectivity index (χ4v) is 1.33. The van der Waals surface area contributed by atoms with Gasteiger partial charge in [0.25, 0.3) is 0 Å². The molecule has 0 spiro atoms. The number of nitrogens with two attached hydrogens (primary N) is 1. The van der Waals surface area contributed by atoms with Crippen molar-refractivity contribution in [2.45, 2.75) is 25.5 Å². The number of aliphatic imine (C=N–C) groups is 1. The fraction of sp³-hybridized carbons (Fsp3) is 0.875. The minimum atomic E-state index is 0.0669. The molecular formula is C8H16N2O2. The molecule has 0 aromatic carbocycles. The molecule has 1 rings (SSSR count). The summed E-state index contributed by atoms with van der Waals surface area (Å²) in [7, 11) is 1.67. The quantitative estimate of drug-likeness (QED) is 0.477. The van der Waals surface area contributed by atoms with E-state index < -0.39 is 0 Å². The molecule has 4 heteroatoms. The van der Waals surface area contributed by atoms with Crippen LogP contribution in [0.4, 0.5) is 0 Å². The summed E-state index contributed by atoms with van der Waals surface area (Å²) in [6.45, 7) is 3.17. The van der Waals surface area contributed by atoms with E-state index in [9.17, 15) is 0 Å². The molecule has 1 fully saturated rings. The van der Waals surface area contributed by atoms with Crippen LogP contribution in [-0.4, -0.2) is 38.3 Å². The van der Waals surface area contributed by atoms with Crippen molar-refractivity contribution in [2.75, 3.05) is 20.3 Å². The average molecular weight is 172 g/mol. The molecule has 0 bridgehead atoms. The highest BCUT2D eigenvalue weighted by Crippen LogP contribution is 2.13. The van der Waals surface area contributed by atoms with Crippen molar-refractivity contribution in [1.82, 2.24) is 0 Å². The van der Waals surface area contributed by atoms with E-state index in [1.165, 1.54) is 0 Å². The van der Waals surface area contributed by atoms with Crippen molar-refractivity contribution in [2.24, 2.45) is 10.7 Å². The first-order chi connectivity index (χ1) is 5.74. The van der Waals surface area contributed by atoms with Crippen LogP contribution >= 0.6 is 0 Å². The molecule has 1 saturated heterocycles. The van der Waals surface area contributed by atoms with E-state index in [-0.39, 0.29) is 12.1 Å². The molecule has 12 heavy (non-hydrogen) atoms. The van der Waals surface area contributed by atoms with Crippen LogP contribution in [0.1, 0.15) is 13.3 Å². The number of hydrogen-bond acceptors (Lipinski definition) is 3.